The summed E-state index contributed by atoms with van der Waals surface area (Å²) in [5.74, 6) is 0.705. The predicted molar refractivity (Wildman–Crippen MR) is 91.1 cm³/mol. The van der Waals surface area contributed by atoms with Crippen LogP contribution in [0.15, 0.2) is 22.7 Å². The summed E-state index contributed by atoms with van der Waals surface area (Å²) < 4.78 is 0.799. The highest BCUT2D eigenvalue weighted by Gasteiger charge is 2.16. The molecule has 1 aromatic heterocycles. The number of anilines is 1. The van der Waals surface area contributed by atoms with E-state index in [1.165, 1.54) is 17.7 Å². The molecule has 0 N–H and O–H groups in total. The largest absolute Gasteiger partial charge is 0.374 e. The van der Waals surface area contributed by atoms with Crippen LogP contribution in [0.3, 0.4) is 0 Å². The lowest BCUT2D eigenvalue weighted by atomic mass is 9.99. The second kappa shape index (κ2) is 5.93. The molecule has 0 saturated heterocycles. The number of rotatable bonds is 2. The lowest BCUT2D eigenvalue weighted by molar-refractivity contribution is 0.744. The van der Waals surface area contributed by atoms with E-state index in [1.807, 2.05) is 0 Å². The smallest absolute Gasteiger partial charge is 0.161 e. The molecule has 1 aliphatic heterocycles. The maximum Gasteiger partial charge on any atom is 0.161 e. The molecular weight excluding hydrogens is 350 g/mol. The molecule has 3 rings (SSSR count). The van der Waals surface area contributed by atoms with Crippen LogP contribution < -0.4 is 4.90 Å². The van der Waals surface area contributed by atoms with Gasteiger partial charge in [-0.2, -0.15) is 0 Å². The summed E-state index contributed by atoms with van der Waals surface area (Å²) in [6.45, 7) is 3.18. The van der Waals surface area contributed by atoms with Crippen LogP contribution in [0, 0.1) is 0 Å². The zero-order valence-electron chi connectivity index (χ0n) is 12.2. The fourth-order valence-electron chi connectivity index (χ4n) is 2.75. The van der Waals surface area contributed by atoms with Gasteiger partial charge in [0.2, 0.25) is 0 Å². The molecule has 0 unspecified atom stereocenters. The Hall–Kier alpha value is -1.13. The summed E-state index contributed by atoms with van der Waals surface area (Å²) in [6.07, 6.45) is 3.12. The molecule has 2 heterocycles. The van der Waals surface area contributed by atoms with Crippen molar-refractivity contribution in [2.24, 2.45) is 0 Å². The van der Waals surface area contributed by atoms with E-state index in [0.717, 1.165) is 35.1 Å². The van der Waals surface area contributed by atoms with E-state index in [2.05, 4.69) is 63.0 Å². The van der Waals surface area contributed by atoms with Crippen LogP contribution in [-0.4, -0.2) is 23.6 Å². The molecule has 110 valence electrons. The molecule has 1 aromatic carbocycles. The van der Waals surface area contributed by atoms with Crippen molar-refractivity contribution in [3.63, 3.8) is 0 Å². The number of hydrogen-bond donors (Lipinski definition) is 0. The van der Waals surface area contributed by atoms with Gasteiger partial charge in [-0.1, -0.05) is 18.5 Å². The third-order valence-electron chi connectivity index (χ3n) is 3.90. The molecule has 1 aliphatic rings. The van der Waals surface area contributed by atoms with Crippen molar-refractivity contribution in [2.45, 2.75) is 26.2 Å². The van der Waals surface area contributed by atoms with Crippen LogP contribution in [0.4, 0.5) is 5.69 Å². The van der Waals surface area contributed by atoms with Crippen LogP contribution in [0.25, 0.3) is 11.4 Å². The molecule has 0 aliphatic carbocycles. The van der Waals surface area contributed by atoms with Gasteiger partial charge in [0.05, 0.1) is 10.2 Å². The first-order chi connectivity index (χ1) is 10.1. The summed E-state index contributed by atoms with van der Waals surface area (Å²) in [6, 6.07) is 6.44. The predicted octanol–water partition coefficient (Wildman–Crippen LogP) is 4.50. The maximum atomic E-state index is 6.21. The van der Waals surface area contributed by atoms with Gasteiger partial charge in [0.1, 0.15) is 5.15 Å². The van der Waals surface area contributed by atoms with Gasteiger partial charge in [-0.3, -0.25) is 0 Å². The van der Waals surface area contributed by atoms with Gasteiger partial charge < -0.3 is 4.90 Å². The van der Waals surface area contributed by atoms with E-state index in [1.54, 1.807) is 0 Å². The van der Waals surface area contributed by atoms with Gasteiger partial charge in [0, 0.05) is 24.8 Å². The molecule has 0 atom stereocenters. The highest BCUT2D eigenvalue weighted by atomic mass is 79.9. The molecule has 5 heteroatoms. The van der Waals surface area contributed by atoms with E-state index in [4.69, 9.17) is 11.6 Å². The highest BCUT2D eigenvalue weighted by Crippen LogP contribution is 2.32. The van der Waals surface area contributed by atoms with Crippen molar-refractivity contribution in [3.8, 4) is 11.4 Å². The standard InChI is InChI=1S/C16H17BrClN3/c1-3-12-14(17)15(18)20-16(19-12)11-6-7-13-10(9-11)5-4-8-21(13)2/h6-7,9H,3-5,8H2,1-2H3. The van der Waals surface area contributed by atoms with Crippen molar-refractivity contribution < 1.29 is 0 Å². The average molecular weight is 367 g/mol. The average Bonchev–Trinajstić information content (AvgIpc) is 2.50. The molecular formula is C16H17BrClN3. The minimum absolute atomic E-state index is 0.478. The number of halogens is 2. The number of hydrogen-bond acceptors (Lipinski definition) is 3. The Labute approximate surface area is 138 Å². The van der Waals surface area contributed by atoms with Gasteiger partial charge in [0.15, 0.2) is 5.82 Å². The fourth-order valence-corrected chi connectivity index (χ4v) is 3.40. The molecule has 0 fully saturated rings. The lowest BCUT2D eigenvalue weighted by Crippen LogP contribution is -2.24. The summed E-state index contributed by atoms with van der Waals surface area (Å²) in [4.78, 5) is 11.3. The summed E-state index contributed by atoms with van der Waals surface area (Å²) in [7, 11) is 2.14. The van der Waals surface area contributed by atoms with Crippen LogP contribution in [0.1, 0.15) is 24.6 Å². The van der Waals surface area contributed by atoms with E-state index in [-0.39, 0.29) is 0 Å². The molecule has 0 radical (unpaired) electrons. The molecule has 2 aromatic rings. The highest BCUT2D eigenvalue weighted by molar-refractivity contribution is 9.10. The second-order valence-corrected chi connectivity index (χ2v) is 6.47. The van der Waals surface area contributed by atoms with Gasteiger partial charge in [0.25, 0.3) is 0 Å². The minimum atomic E-state index is 0.478. The number of aryl methyl sites for hydroxylation is 2. The van der Waals surface area contributed by atoms with E-state index >= 15 is 0 Å². The van der Waals surface area contributed by atoms with Crippen LogP contribution in [0.5, 0.6) is 0 Å². The Morgan fingerprint density at radius 3 is 2.90 bits per heavy atom. The Balaban J connectivity index is 2.07. The summed E-state index contributed by atoms with van der Waals surface area (Å²) >= 11 is 9.66. The first kappa shape index (κ1) is 14.8. The van der Waals surface area contributed by atoms with E-state index in [0.29, 0.717) is 11.0 Å². The second-order valence-electron chi connectivity index (χ2n) is 5.32. The van der Waals surface area contributed by atoms with Gasteiger partial charge >= 0.3 is 0 Å². The minimum Gasteiger partial charge on any atom is -0.374 e. The summed E-state index contributed by atoms with van der Waals surface area (Å²) in [5, 5.41) is 0.478. The van der Waals surface area contributed by atoms with E-state index < -0.39 is 0 Å². The van der Waals surface area contributed by atoms with Crippen molar-refractivity contribution in [1.82, 2.24) is 9.97 Å². The van der Waals surface area contributed by atoms with Gasteiger partial charge in [-0.05, 0) is 59.0 Å². The van der Waals surface area contributed by atoms with Gasteiger partial charge in [-0.25, -0.2) is 9.97 Å². The first-order valence-corrected chi connectivity index (χ1v) is 8.33. The van der Waals surface area contributed by atoms with Crippen molar-refractivity contribution in [2.75, 3.05) is 18.5 Å². The third kappa shape index (κ3) is 2.79. The fraction of sp³-hybridized carbons (Fsp3) is 0.375. The normalized spacial score (nSPS) is 14.2. The van der Waals surface area contributed by atoms with Crippen molar-refractivity contribution in [1.29, 1.82) is 0 Å². The number of fused-ring (bicyclic) bond motifs is 1. The zero-order valence-corrected chi connectivity index (χ0v) is 14.5. The van der Waals surface area contributed by atoms with Crippen molar-refractivity contribution >= 4 is 33.2 Å². The van der Waals surface area contributed by atoms with Crippen LogP contribution in [0.2, 0.25) is 5.15 Å². The third-order valence-corrected chi connectivity index (χ3v) is 5.24. The zero-order chi connectivity index (χ0) is 15.0. The molecule has 0 amide bonds. The Morgan fingerprint density at radius 1 is 1.33 bits per heavy atom. The van der Waals surface area contributed by atoms with Crippen LogP contribution >= 0.6 is 27.5 Å². The lowest BCUT2D eigenvalue weighted by Gasteiger charge is -2.27. The molecule has 21 heavy (non-hydrogen) atoms. The molecule has 0 saturated carbocycles. The van der Waals surface area contributed by atoms with Crippen molar-refractivity contribution in [3.05, 3.63) is 39.1 Å². The monoisotopic (exact) mass is 365 g/mol. The Morgan fingerprint density at radius 2 is 2.14 bits per heavy atom. The van der Waals surface area contributed by atoms with E-state index in [9.17, 15) is 0 Å². The summed E-state index contributed by atoms with van der Waals surface area (Å²) in [5.41, 5.74) is 4.65. The Bertz CT molecular complexity index is 687. The molecule has 0 spiro atoms. The maximum absolute atomic E-state index is 6.21. The first-order valence-electron chi connectivity index (χ1n) is 7.16. The molecule has 0 bridgehead atoms. The topological polar surface area (TPSA) is 29.0 Å². The SMILES string of the molecule is CCc1nc(-c2ccc3c(c2)CCCN3C)nc(Cl)c1Br. The number of benzene rings is 1. The number of nitrogens with zero attached hydrogens (tertiary/aromatic N) is 3. The molecule has 3 nitrogen and oxygen atoms in total. The van der Waals surface area contributed by atoms with Gasteiger partial charge in [-0.15, -0.1) is 0 Å². The Kier molecular flexibility index (Phi) is 4.18. The quantitative estimate of drug-likeness (QED) is 0.733. The van der Waals surface area contributed by atoms with Crippen LogP contribution in [-0.2, 0) is 12.8 Å². The number of aromatic nitrogens is 2.